The maximum absolute atomic E-state index is 15.2. The number of amides is 1. The Morgan fingerprint density at radius 3 is 2.36 bits per heavy atom. The number of carbonyl (C=O) groups excluding carboxylic acids is 1. The molecular formula is C30H26FN5O6. The molecule has 1 aliphatic heterocycles. The van der Waals surface area contributed by atoms with Crippen molar-refractivity contribution < 1.29 is 29.0 Å². The largest absolute Gasteiger partial charge is 0.480 e. The van der Waals surface area contributed by atoms with Crippen LogP contribution in [-0.4, -0.2) is 68.3 Å². The van der Waals surface area contributed by atoms with Crippen LogP contribution in [0.5, 0.6) is 0 Å². The van der Waals surface area contributed by atoms with Crippen LogP contribution in [0.3, 0.4) is 0 Å². The number of carbonyl (C=O) groups is 3. The zero-order chi connectivity index (χ0) is 30.1. The number of halogens is 1. The van der Waals surface area contributed by atoms with Gasteiger partial charge in [0.05, 0.1) is 11.2 Å². The Hall–Kier alpha value is -5.44. The molecule has 0 unspecified atom stereocenters. The van der Waals surface area contributed by atoms with Gasteiger partial charge in [-0.3, -0.25) is 14.4 Å². The summed E-state index contributed by atoms with van der Waals surface area (Å²) in [4.78, 5) is 52.0. The van der Waals surface area contributed by atoms with Crippen LogP contribution >= 0.6 is 0 Å². The van der Waals surface area contributed by atoms with E-state index in [2.05, 4.69) is 0 Å². The molecule has 2 aromatic carbocycles. The second-order valence-corrected chi connectivity index (χ2v) is 9.86. The predicted octanol–water partition coefficient (Wildman–Crippen LogP) is 3.15. The summed E-state index contributed by atoms with van der Waals surface area (Å²) >= 11 is 0. The van der Waals surface area contributed by atoms with E-state index in [1.54, 1.807) is 51.4 Å². The number of aromatic carboxylic acids is 1. The van der Waals surface area contributed by atoms with Crippen LogP contribution in [0, 0.1) is 17.1 Å². The smallest absolute Gasteiger partial charge is 0.341 e. The SMILES string of the molecule is CCn1cc(C(=O)O)c(=O)c2cc(F)c(N3CCN(C(=O)/C(C#N)=C/c4cn(CC(=O)O)c5ccccc45)CC3)cc21. The monoisotopic (exact) mass is 571 g/mol. The molecule has 1 amide bonds. The number of hydrogen-bond donors (Lipinski definition) is 2. The summed E-state index contributed by atoms with van der Waals surface area (Å²) in [6.07, 6.45) is 4.30. The Labute approximate surface area is 238 Å². The van der Waals surface area contributed by atoms with E-state index in [9.17, 15) is 34.7 Å². The Morgan fingerprint density at radius 1 is 1.00 bits per heavy atom. The molecule has 5 rings (SSSR count). The molecule has 11 nitrogen and oxygen atoms in total. The number of carboxylic acid groups (broad SMARTS) is 2. The van der Waals surface area contributed by atoms with Crippen molar-refractivity contribution in [1.82, 2.24) is 14.0 Å². The molecule has 1 fully saturated rings. The van der Waals surface area contributed by atoms with Gasteiger partial charge < -0.3 is 29.1 Å². The minimum Gasteiger partial charge on any atom is -0.480 e. The highest BCUT2D eigenvalue weighted by molar-refractivity contribution is 6.04. The number of piperazine rings is 1. The van der Waals surface area contributed by atoms with Gasteiger partial charge >= 0.3 is 11.9 Å². The fraction of sp³-hybridized carbons (Fsp3) is 0.233. The lowest BCUT2D eigenvalue weighted by Gasteiger charge is -2.36. The van der Waals surface area contributed by atoms with Crippen LogP contribution in [-0.2, 0) is 22.7 Å². The van der Waals surface area contributed by atoms with E-state index in [4.69, 9.17) is 0 Å². The van der Waals surface area contributed by atoms with Gasteiger partial charge in [-0.05, 0) is 31.2 Å². The third-order valence-electron chi connectivity index (χ3n) is 7.40. The highest BCUT2D eigenvalue weighted by atomic mass is 19.1. The van der Waals surface area contributed by atoms with Crippen molar-refractivity contribution in [3.8, 4) is 6.07 Å². The zero-order valence-electron chi connectivity index (χ0n) is 22.6. The quantitative estimate of drug-likeness (QED) is 0.254. The molecule has 0 bridgehead atoms. The first-order valence-electron chi connectivity index (χ1n) is 13.2. The molecule has 4 aromatic rings. The first-order chi connectivity index (χ1) is 20.1. The number of anilines is 1. The number of rotatable bonds is 7. The van der Waals surface area contributed by atoms with Crippen LogP contribution in [0.25, 0.3) is 27.9 Å². The van der Waals surface area contributed by atoms with Gasteiger partial charge in [0.25, 0.3) is 5.91 Å². The first-order valence-corrected chi connectivity index (χ1v) is 13.2. The zero-order valence-corrected chi connectivity index (χ0v) is 22.6. The number of aliphatic carboxylic acids is 1. The molecular weight excluding hydrogens is 545 g/mol. The van der Waals surface area contributed by atoms with Crippen molar-refractivity contribution in [3.05, 3.63) is 81.5 Å². The van der Waals surface area contributed by atoms with Crippen LogP contribution in [0.15, 0.2) is 59.2 Å². The van der Waals surface area contributed by atoms with E-state index in [1.165, 1.54) is 23.2 Å². The lowest BCUT2D eigenvalue weighted by Crippen LogP contribution is -2.49. The summed E-state index contributed by atoms with van der Waals surface area (Å²) in [7, 11) is 0. The molecule has 214 valence electrons. The molecule has 2 aromatic heterocycles. The molecule has 2 N–H and O–H groups in total. The minimum atomic E-state index is -1.38. The Kier molecular flexibility index (Phi) is 7.50. The van der Waals surface area contributed by atoms with Crippen molar-refractivity contribution in [2.45, 2.75) is 20.0 Å². The number of aromatic nitrogens is 2. The van der Waals surface area contributed by atoms with Gasteiger partial charge in [-0.2, -0.15) is 5.26 Å². The number of nitrogens with zero attached hydrogens (tertiary/aromatic N) is 5. The van der Waals surface area contributed by atoms with E-state index < -0.39 is 34.7 Å². The lowest BCUT2D eigenvalue weighted by atomic mass is 10.1. The summed E-state index contributed by atoms with van der Waals surface area (Å²) in [5.41, 5.74) is 0.526. The molecule has 1 aliphatic rings. The topological polar surface area (TPSA) is 149 Å². The normalized spacial score (nSPS) is 13.9. The van der Waals surface area contributed by atoms with Gasteiger partial charge in [-0.15, -0.1) is 0 Å². The number of pyridine rings is 1. The van der Waals surface area contributed by atoms with Crippen molar-refractivity contribution >= 4 is 51.4 Å². The van der Waals surface area contributed by atoms with Gasteiger partial charge in [0.2, 0.25) is 5.43 Å². The predicted molar refractivity (Wildman–Crippen MR) is 153 cm³/mol. The van der Waals surface area contributed by atoms with Gasteiger partial charge in [0.15, 0.2) is 0 Å². The number of carboxylic acids is 2. The third-order valence-corrected chi connectivity index (χ3v) is 7.40. The lowest BCUT2D eigenvalue weighted by molar-refractivity contribution is -0.137. The average Bonchev–Trinajstić information content (AvgIpc) is 3.32. The number of nitriles is 1. The standard InChI is InChI=1S/C30H26FN5O6/c1-2-33-16-22(30(41)42)28(39)21-12-23(31)26(13-25(21)33)34-7-9-35(10-8-34)29(40)18(14-32)11-19-15-36(17-27(37)38)24-6-4-3-5-20(19)24/h3-6,11-13,15-16H,2,7-10,17H2,1H3,(H,37,38)(H,41,42)/b18-11+. The molecule has 12 heteroatoms. The van der Waals surface area contributed by atoms with E-state index in [0.29, 0.717) is 28.5 Å². The highest BCUT2D eigenvalue weighted by Crippen LogP contribution is 2.28. The van der Waals surface area contributed by atoms with Crippen molar-refractivity contribution in [2.75, 3.05) is 31.1 Å². The maximum Gasteiger partial charge on any atom is 0.341 e. The second kappa shape index (κ2) is 11.2. The van der Waals surface area contributed by atoms with Gasteiger partial charge in [0, 0.05) is 67.0 Å². The van der Waals surface area contributed by atoms with Crippen molar-refractivity contribution in [2.24, 2.45) is 0 Å². The van der Waals surface area contributed by atoms with Crippen LogP contribution in [0.1, 0.15) is 22.8 Å². The summed E-state index contributed by atoms with van der Waals surface area (Å²) in [5.74, 6) is -3.58. The maximum atomic E-state index is 15.2. The van der Waals surface area contributed by atoms with E-state index >= 15 is 4.39 Å². The Balaban J connectivity index is 1.38. The molecule has 3 heterocycles. The summed E-state index contributed by atoms with van der Waals surface area (Å²) in [6.45, 7) is 2.80. The van der Waals surface area contributed by atoms with Crippen molar-refractivity contribution in [1.29, 1.82) is 5.26 Å². The van der Waals surface area contributed by atoms with Crippen LogP contribution in [0.2, 0.25) is 0 Å². The van der Waals surface area contributed by atoms with Crippen molar-refractivity contribution in [3.63, 3.8) is 0 Å². The van der Waals surface area contributed by atoms with Gasteiger partial charge in [-0.25, -0.2) is 9.18 Å². The van der Waals surface area contributed by atoms with E-state index in [0.717, 1.165) is 6.07 Å². The fourth-order valence-electron chi connectivity index (χ4n) is 5.34. The summed E-state index contributed by atoms with van der Waals surface area (Å²) < 4.78 is 18.4. The summed E-state index contributed by atoms with van der Waals surface area (Å²) in [5, 5.41) is 29.1. The molecule has 0 radical (unpaired) electrons. The third kappa shape index (κ3) is 5.08. The second-order valence-electron chi connectivity index (χ2n) is 9.86. The Bertz CT molecular complexity index is 1890. The van der Waals surface area contributed by atoms with Crippen LogP contribution in [0.4, 0.5) is 10.1 Å². The van der Waals surface area contributed by atoms with Gasteiger partial charge in [0.1, 0.15) is 29.6 Å². The molecule has 0 saturated carbocycles. The number of hydrogen-bond acceptors (Lipinski definition) is 6. The van der Waals surface area contributed by atoms with Gasteiger partial charge in [-0.1, -0.05) is 18.2 Å². The van der Waals surface area contributed by atoms with E-state index in [1.807, 2.05) is 6.07 Å². The Morgan fingerprint density at radius 2 is 1.71 bits per heavy atom. The molecule has 0 aliphatic carbocycles. The number of para-hydroxylation sites is 1. The van der Waals surface area contributed by atoms with Crippen LogP contribution < -0.4 is 10.3 Å². The minimum absolute atomic E-state index is 0.0275. The number of benzene rings is 2. The summed E-state index contributed by atoms with van der Waals surface area (Å²) in [6, 6.07) is 11.7. The number of aryl methyl sites for hydroxylation is 1. The molecule has 1 saturated heterocycles. The fourth-order valence-corrected chi connectivity index (χ4v) is 5.34. The number of fused-ring (bicyclic) bond motifs is 2. The first kappa shape index (κ1) is 28.1. The molecule has 0 atom stereocenters. The average molecular weight is 572 g/mol. The molecule has 0 spiro atoms. The molecule has 42 heavy (non-hydrogen) atoms. The highest BCUT2D eigenvalue weighted by Gasteiger charge is 2.26. The van der Waals surface area contributed by atoms with E-state index in [-0.39, 0.29) is 49.4 Å².